The Bertz CT molecular complexity index is 1650. The largest absolute Gasteiger partial charge is 0.345 e. The van der Waals surface area contributed by atoms with Crippen molar-refractivity contribution in [2.75, 3.05) is 6.54 Å². The zero-order chi connectivity index (χ0) is 24.7. The first-order valence-electron chi connectivity index (χ1n) is 12.4. The molecule has 36 heavy (non-hydrogen) atoms. The van der Waals surface area contributed by atoms with E-state index in [4.69, 9.17) is 4.98 Å². The monoisotopic (exact) mass is 477 g/mol. The Labute approximate surface area is 208 Å². The number of nitrogens with one attached hydrogen (secondary N) is 2. The number of piperidine rings is 1. The molecular weight excluding hydrogens is 450 g/mol. The molecule has 0 radical (unpaired) electrons. The average Bonchev–Trinajstić information content (AvgIpc) is 3.52. The molecule has 180 valence electrons. The predicted molar refractivity (Wildman–Crippen MR) is 137 cm³/mol. The van der Waals surface area contributed by atoms with Crippen molar-refractivity contribution in [1.82, 2.24) is 34.8 Å². The SMILES string of the molecule is CC1(C)C2Cc3cc4nc(-c5cnccn5)[nH]c4cc3[C@]1(C)CCN2C(=O)c1ccc2nc[nH]c2c1. The molecule has 4 heterocycles. The Kier molecular flexibility index (Phi) is 4.26. The fourth-order valence-electron chi connectivity index (χ4n) is 6.44. The van der Waals surface area contributed by atoms with Gasteiger partial charge >= 0.3 is 0 Å². The molecule has 1 saturated heterocycles. The first kappa shape index (κ1) is 21.2. The summed E-state index contributed by atoms with van der Waals surface area (Å²) in [6.45, 7) is 7.73. The van der Waals surface area contributed by atoms with E-state index in [9.17, 15) is 4.79 Å². The van der Waals surface area contributed by atoms with Crippen LogP contribution in [0.25, 0.3) is 33.6 Å². The molecule has 3 aromatic heterocycles. The lowest BCUT2D eigenvalue weighted by Crippen LogP contribution is -2.64. The smallest absolute Gasteiger partial charge is 0.254 e. The molecule has 8 heteroatoms. The highest BCUT2D eigenvalue weighted by molar-refractivity contribution is 5.97. The van der Waals surface area contributed by atoms with Gasteiger partial charge in [0.15, 0.2) is 5.82 Å². The molecule has 1 aliphatic carbocycles. The van der Waals surface area contributed by atoms with Crippen molar-refractivity contribution < 1.29 is 4.79 Å². The van der Waals surface area contributed by atoms with E-state index in [2.05, 4.69) is 62.7 Å². The van der Waals surface area contributed by atoms with E-state index >= 15 is 0 Å². The maximum absolute atomic E-state index is 13.8. The lowest BCUT2D eigenvalue weighted by molar-refractivity contribution is -0.0261. The van der Waals surface area contributed by atoms with E-state index in [1.54, 1.807) is 24.9 Å². The van der Waals surface area contributed by atoms with Crippen LogP contribution in [0.15, 0.2) is 55.2 Å². The third-order valence-corrected chi connectivity index (χ3v) is 8.93. The van der Waals surface area contributed by atoms with Gasteiger partial charge in [-0.1, -0.05) is 20.8 Å². The number of benzene rings is 2. The van der Waals surface area contributed by atoms with Gasteiger partial charge in [-0.2, -0.15) is 0 Å². The molecular formula is C28H27N7O. The Balaban J connectivity index is 1.30. The fraction of sp³-hybridized carbons (Fsp3) is 0.321. The molecule has 1 amide bonds. The topological polar surface area (TPSA) is 103 Å². The second kappa shape index (κ2) is 7.22. The van der Waals surface area contributed by atoms with Gasteiger partial charge in [0.25, 0.3) is 5.91 Å². The van der Waals surface area contributed by atoms with Crippen LogP contribution in [0.3, 0.4) is 0 Å². The maximum atomic E-state index is 13.8. The van der Waals surface area contributed by atoms with E-state index in [-0.39, 0.29) is 22.8 Å². The molecule has 5 aromatic rings. The number of H-pyrrole nitrogens is 2. The number of aromatic nitrogens is 6. The summed E-state index contributed by atoms with van der Waals surface area (Å²) in [6.07, 6.45) is 8.43. The summed E-state index contributed by atoms with van der Waals surface area (Å²) in [4.78, 5) is 40.2. The lowest BCUT2D eigenvalue weighted by Gasteiger charge is -2.60. The Morgan fingerprint density at radius 2 is 1.94 bits per heavy atom. The molecule has 0 spiro atoms. The summed E-state index contributed by atoms with van der Waals surface area (Å²) in [5.74, 6) is 0.805. The Morgan fingerprint density at radius 1 is 1.06 bits per heavy atom. The second-order valence-electron chi connectivity index (χ2n) is 10.9. The number of hydrogen-bond donors (Lipinski definition) is 2. The number of likely N-dealkylation sites (tertiary alicyclic amines) is 1. The predicted octanol–water partition coefficient (Wildman–Crippen LogP) is 4.65. The third-order valence-electron chi connectivity index (χ3n) is 8.93. The van der Waals surface area contributed by atoms with Crippen molar-refractivity contribution in [3.05, 3.63) is 71.9 Å². The minimum atomic E-state index is -0.104. The van der Waals surface area contributed by atoms with Crippen LogP contribution in [0, 0.1) is 5.41 Å². The Morgan fingerprint density at radius 3 is 2.78 bits per heavy atom. The normalized spacial score (nSPS) is 22.6. The van der Waals surface area contributed by atoms with Gasteiger partial charge in [-0.3, -0.25) is 9.78 Å². The number of fused-ring (bicyclic) bond motifs is 6. The van der Waals surface area contributed by atoms with Gasteiger partial charge in [-0.15, -0.1) is 0 Å². The van der Waals surface area contributed by atoms with Gasteiger partial charge in [0.05, 0.1) is 34.6 Å². The van der Waals surface area contributed by atoms with Gasteiger partial charge in [0.2, 0.25) is 0 Å². The van der Waals surface area contributed by atoms with Gasteiger partial charge in [0, 0.05) is 36.0 Å². The molecule has 1 unspecified atom stereocenters. The lowest BCUT2D eigenvalue weighted by atomic mass is 9.51. The van der Waals surface area contributed by atoms with Gasteiger partial charge < -0.3 is 14.9 Å². The number of amides is 1. The van der Waals surface area contributed by atoms with Crippen LogP contribution >= 0.6 is 0 Å². The highest BCUT2D eigenvalue weighted by Crippen LogP contribution is 2.56. The van der Waals surface area contributed by atoms with Crippen molar-refractivity contribution in [1.29, 1.82) is 0 Å². The number of imidazole rings is 2. The maximum Gasteiger partial charge on any atom is 0.254 e. The van der Waals surface area contributed by atoms with Crippen LogP contribution in [-0.4, -0.2) is 53.3 Å². The van der Waals surface area contributed by atoms with Crippen LogP contribution in [0.2, 0.25) is 0 Å². The first-order chi connectivity index (χ1) is 17.3. The van der Waals surface area contributed by atoms with Crippen LogP contribution in [0.4, 0.5) is 0 Å². The van der Waals surface area contributed by atoms with Crippen molar-refractivity contribution in [2.24, 2.45) is 5.41 Å². The summed E-state index contributed by atoms with van der Waals surface area (Å²) in [7, 11) is 0. The molecule has 2 aromatic carbocycles. The molecule has 7 rings (SSSR count). The van der Waals surface area contributed by atoms with Crippen molar-refractivity contribution in [2.45, 2.75) is 45.1 Å². The van der Waals surface area contributed by atoms with E-state index < -0.39 is 0 Å². The van der Waals surface area contributed by atoms with Crippen molar-refractivity contribution in [3.63, 3.8) is 0 Å². The molecule has 1 fully saturated rings. The van der Waals surface area contributed by atoms with Crippen LogP contribution < -0.4 is 0 Å². The van der Waals surface area contributed by atoms with Crippen molar-refractivity contribution >= 4 is 28.0 Å². The summed E-state index contributed by atoms with van der Waals surface area (Å²) in [6, 6.07) is 10.3. The van der Waals surface area contributed by atoms with Crippen LogP contribution in [0.5, 0.6) is 0 Å². The van der Waals surface area contributed by atoms with Gasteiger partial charge in [-0.05, 0) is 59.7 Å². The van der Waals surface area contributed by atoms with E-state index in [0.717, 1.165) is 53.0 Å². The number of carbonyl (C=O) groups excluding carboxylic acids is 1. The average molecular weight is 478 g/mol. The zero-order valence-corrected chi connectivity index (χ0v) is 20.5. The highest BCUT2D eigenvalue weighted by Gasteiger charge is 2.57. The summed E-state index contributed by atoms with van der Waals surface area (Å²) < 4.78 is 0. The molecule has 1 aliphatic heterocycles. The van der Waals surface area contributed by atoms with Crippen LogP contribution in [0.1, 0.15) is 48.7 Å². The summed E-state index contributed by atoms with van der Waals surface area (Å²) in [5, 5.41) is 0. The fourth-order valence-corrected chi connectivity index (χ4v) is 6.44. The summed E-state index contributed by atoms with van der Waals surface area (Å²) >= 11 is 0. The molecule has 2 bridgehead atoms. The van der Waals surface area contributed by atoms with E-state index in [0.29, 0.717) is 5.56 Å². The molecule has 8 nitrogen and oxygen atoms in total. The quantitative estimate of drug-likeness (QED) is 0.385. The molecule has 2 atom stereocenters. The van der Waals surface area contributed by atoms with Gasteiger partial charge in [-0.25, -0.2) is 15.0 Å². The summed E-state index contributed by atoms with van der Waals surface area (Å²) in [5.41, 5.74) is 7.56. The van der Waals surface area contributed by atoms with E-state index in [1.807, 2.05) is 18.2 Å². The number of hydrogen-bond acceptors (Lipinski definition) is 5. The molecule has 2 aliphatic rings. The minimum absolute atomic E-state index is 0.0681. The number of rotatable bonds is 2. The third kappa shape index (κ3) is 2.84. The molecule has 0 saturated carbocycles. The number of aromatic amines is 2. The van der Waals surface area contributed by atoms with E-state index in [1.165, 1.54) is 11.1 Å². The molecule has 2 N–H and O–H groups in total. The number of carbonyl (C=O) groups is 1. The Hall–Kier alpha value is -4.07. The first-order valence-corrected chi connectivity index (χ1v) is 12.4. The van der Waals surface area contributed by atoms with Crippen LogP contribution in [-0.2, 0) is 11.8 Å². The number of nitrogens with zero attached hydrogens (tertiary/aromatic N) is 5. The van der Waals surface area contributed by atoms with Crippen molar-refractivity contribution in [3.8, 4) is 11.5 Å². The minimum Gasteiger partial charge on any atom is -0.345 e. The highest BCUT2D eigenvalue weighted by atomic mass is 16.2. The van der Waals surface area contributed by atoms with Gasteiger partial charge in [0.1, 0.15) is 5.69 Å². The second-order valence-corrected chi connectivity index (χ2v) is 10.9. The zero-order valence-electron chi connectivity index (χ0n) is 20.5. The standard InChI is InChI=1S/C28H27N7O/c1-27(2)24-12-17-11-21-22(34-25(33-21)23-14-29-7-8-30-23)13-18(17)28(27,3)6-9-35(24)26(36)16-4-5-19-20(10-16)32-15-31-19/h4-5,7-8,10-11,13-15,24H,6,9,12H2,1-3H3,(H,31,32)(H,33,34)/t24?,28-/m0/s1.